The number of nitrogens with zero attached hydrogens (tertiary/aromatic N) is 3. The summed E-state index contributed by atoms with van der Waals surface area (Å²) in [5, 5.41) is 10.6. The molecular weight excluding hydrogens is 362 g/mol. The SMILES string of the molecule is O=C(O)c1cc(C2CC2)cnc1Cc1ccc2c(-c3ccccc3)ncnc2c1. The fraction of sp³-hybridized carbons (Fsp3) is 0.167. The Balaban J connectivity index is 1.51. The predicted octanol–water partition coefficient (Wildman–Crippen LogP) is 4.86. The molecule has 0 atom stereocenters. The van der Waals surface area contributed by atoms with Crippen LogP contribution in [-0.4, -0.2) is 26.0 Å². The number of rotatable bonds is 5. The van der Waals surface area contributed by atoms with Crippen LogP contribution in [0.2, 0.25) is 0 Å². The number of hydrogen-bond acceptors (Lipinski definition) is 4. The van der Waals surface area contributed by atoms with Crippen molar-refractivity contribution in [2.45, 2.75) is 25.2 Å². The second kappa shape index (κ2) is 7.09. The standard InChI is InChI=1S/C24H19N3O2/c28-24(29)20-12-18(16-7-8-16)13-25-22(20)11-15-6-9-19-21(10-15)26-14-27-23(19)17-4-2-1-3-5-17/h1-6,9-10,12-14,16H,7-8,11H2,(H,28,29). The highest BCUT2D eigenvalue weighted by molar-refractivity contribution is 5.92. The highest BCUT2D eigenvalue weighted by atomic mass is 16.4. The molecule has 2 heterocycles. The zero-order valence-corrected chi connectivity index (χ0v) is 15.7. The van der Waals surface area contributed by atoms with Crippen molar-refractivity contribution in [2.75, 3.05) is 0 Å². The highest BCUT2D eigenvalue weighted by Crippen LogP contribution is 2.40. The molecule has 0 bridgehead atoms. The Kier molecular flexibility index (Phi) is 4.28. The van der Waals surface area contributed by atoms with Crippen LogP contribution in [0.15, 0.2) is 67.1 Å². The predicted molar refractivity (Wildman–Crippen MR) is 111 cm³/mol. The van der Waals surface area contributed by atoms with Crippen molar-refractivity contribution in [3.05, 3.63) is 89.5 Å². The van der Waals surface area contributed by atoms with E-state index in [4.69, 9.17) is 0 Å². The van der Waals surface area contributed by atoms with Crippen molar-refractivity contribution in [1.82, 2.24) is 15.0 Å². The minimum absolute atomic E-state index is 0.294. The van der Waals surface area contributed by atoms with E-state index in [1.54, 1.807) is 12.4 Å². The Labute approximate surface area is 168 Å². The average Bonchev–Trinajstić information content (AvgIpc) is 3.59. The number of pyridine rings is 1. The van der Waals surface area contributed by atoms with E-state index in [9.17, 15) is 9.90 Å². The molecule has 1 aliphatic carbocycles. The van der Waals surface area contributed by atoms with Crippen molar-refractivity contribution in [1.29, 1.82) is 0 Å². The largest absolute Gasteiger partial charge is 0.478 e. The summed E-state index contributed by atoms with van der Waals surface area (Å²) in [6.45, 7) is 0. The Bertz CT molecular complexity index is 1220. The first kappa shape index (κ1) is 17.5. The van der Waals surface area contributed by atoms with E-state index < -0.39 is 5.97 Å². The molecule has 5 rings (SSSR count). The number of carboxylic acids is 1. The van der Waals surface area contributed by atoms with Crippen LogP contribution in [0.4, 0.5) is 0 Å². The molecule has 1 N–H and O–H groups in total. The topological polar surface area (TPSA) is 76.0 Å². The minimum Gasteiger partial charge on any atom is -0.478 e. The van der Waals surface area contributed by atoms with Crippen LogP contribution in [-0.2, 0) is 6.42 Å². The van der Waals surface area contributed by atoms with Gasteiger partial charge in [0, 0.05) is 23.6 Å². The summed E-state index contributed by atoms with van der Waals surface area (Å²) in [6, 6.07) is 17.8. The van der Waals surface area contributed by atoms with Gasteiger partial charge in [0.2, 0.25) is 0 Å². The molecule has 0 unspecified atom stereocenters. The quantitative estimate of drug-likeness (QED) is 0.534. The molecule has 142 valence electrons. The average molecular weight is 381 g/mol. The van der Waals surface area contributed by atoms with Crippen molar-refractivity contribution in [3.63, 3.8) is 0 Å². The van der Waals surface area contributed by atoms with Gasteiger partial charge in [0.1, 0.15) is 6.33 Å². The zero-order valence-electron chi connectivity index (χ0n) is 15.7. The molecule has 1 saturated carbocycles. The maximum atomic E-state index is 11.8. The van der Waals surface area contributed by atoms with Crippen molar-refractivity contribution < 1.29 is 9.90 Å². The first-order valence-corrected chi connectivity index (χ1v) is 9.70. The summed E-state index contributed by atoms with van der Waals surface area (Å²) in [5.74, 6) is -0.451. The van der Waals surface area contributed by atoms with Crippen LogP contribution in [0, 0.1) is 0 Å². The molecule has 1 aliphatic rings. The summed E-state index contributed by atoms with van der Waals surface area (Å²) in [4.78, 5) is 25.1. The van der Waals surface area contributed by atoms with Crippen LogP contribution >= 0.6 is 0 Å². The lowest BCUT2D eigenvalue weighted by atomic mass is 10.00. The van der Waals surface area contributed by atoms with Gasteiger partial charge in [0.25, 0.3) is 0 Å². The van der Waals surface area contributed by atoms with E-state index in [1.165, 1.54) is 0 Å². The van der Waals surface area contributed by atoms with Crippen LogP contribution in [0.25, 0.3) is 22.2 Å². The number of hydrogen-bond donors (Lipinski definition) is 1. The summed E-state index contributed by atoms with van der Waals surface area (Å²) in [5.41, 5.74) is 5.65. The van der Waals surface area contributed by atoms with E-state index in [0.717, 1.165) is 46.1 Å². The molecule has 0 aliphatic heterocycles. The Hall–Kier alpha value is -3.60. The lowest BCUT2D eigenvalue weighted by Crippen LogP contribution is -2.07. The molecular formula is C24H19N3O2. The van der Waals surface area contributed by atoms with Crippen LogP contribution < -0.4 is 0 Å². The number of carboxylic acid groups (broad SMARTS) is 1. The van der Waals surface area contributed by atoms with Crippen LogP contribution in [0.5, 0.6) is 0 Å². The third-order valence-electron chi connectivity index (χ3n) is 5.39. The number of fused-ring (bicyclic) bond motifs is 1. The summed E-state index contributed by atoms with van der Waals surface area (Å²) < 4.78 is 0. The van der Waals surface area contributed by atoms with Gasteiger partial charge < -0.3 is 5.11 Å². The third kappa shape index (κ3) is 3.47. The lowest BCUT2D eigenvalue weighted by molar-refractivity contribution is 0.0695. The molecule has 5 heteroatoms. The third-order valence-corrected chi connectivity index (χ3v) is 5.39. The van der Waals surface area contributed by atoms with Crippen molar-refractivity contribution >= 4 is 16.9 Å². The van der Waals surface area contributed by atoms with Gasteiger partial charge in [-0.3, -0.25) is 4.98 Å². The molecule has 0 amide bonds. The molecule has 2 aromatic heterocycles. The summed E-state index contributed by atoms with van der Waals surface area (Å²) in [6.07, 6.45) is 6.09. The van der Waals surface area contributed by atoms with E-state index in [1.807, 2.05) is 54.7 Å². The number of carbonyl (C=O) groups is 1. The second-order valence-corrected chi connectivity index (χ2v) is 7.46. The molecule has 0 radical (unpaired) electrons. The van der Waals surface area contributed by atoms with Crippen LogP contribution in [0.3, 0.4) is 0 Å². The maximum absolute atomic E-state index is 11.8. The molecule has 29 heavy (non-hydrogen) atoms. The van der Waals surface area contributed by atoms with E-state index in [-0.39, 0.29) is 0 Å². The first-order valence-electron chi connectivity index (χ1n) is 9.70. The molecule has 0 saturated heterocycles. The first-order chi connectivity index (χ1) is 14.2. The fourth-order valence-electron chi connectivity index (χ4n) is 3.71. The van der Waals surface area contributed by atoms with Gasteiger partial charge in [-0.15, -0.1) is 0 Å². The minimum atomic E-state index is -0.926. The van der Waals surface area contributed by atoms with Gasteiger partial charge in [-0.2, -0.15) is 0 Å². The molecule has 0 spiro atoms. The molecule has 1 fully saturated rings. The van der Waals surface area contributed by atoms with E-state index in [2.05, 4.69) is 15.0 Å². The maximum Gasteiger partial charge on any atom is 0.337 e. The normalized spacial score (nSPS) is 13.5. The number of aromatic nitrogens is 3. The summed E-state index contributed by atoms with van der Waals surface area (Å²) in [7, 11) is 0. The monoisotopic (exact) mass is 381 g/mol. The molecule has 4 aromatic rings. The Morgan fingerprint density at radius 2 is 1.83 bits per heavy atom. The van der Waals surface area contributed by atoms with Crippen molar-refractivity contribution in [3.8, 4) is 11.3 Å². The molecule has 5 nitrogen and oxygen atoms in total. The fourth-order valence-corrected chi connectivity index (χ4v) is 3.71. The summed E-state index contributed by atoms with van der Waals surface area (Å²) >= 11 is 0. The van der Waals surface area contributed by atoms with Crippen molar-refractivity contribution in [2.24, 2.45) is 0 Å². The van der Waals surface area contributed by atoms with Gasteiger partial charge in [-0.25, -0.2) is 14.8 Å². The second-order valence-electron chi connectivity index (χ2n) is 7.46. The lowest BCUT2D eigenvalue weighted by Gasteiger charge is -2.10. The van der Waals surface area contributed by atoms with Gasteiger partial charge >= 0.3 is 5.97 Å². The van der Waals surface area contributed by atoms with Gasteiger partial charge in [-0.05, 0) is 42.0 Å². The zero-order chi connectivity index (χ0) is 19.8. The number of benzene rings is 2. The smallest absolute Gasteiger partial charge is 0.337 e. The van der Waals surface area contributed by atoms with Crippen LogP contribution in [0.1, 0.15) is 45.9 Å². The number of aromatic carboxylic acids is 1. The Morgan fingerprint density at radius 3 is 2.59 bits per heavy atom. The van der Waals surface area contributed by atoms with E-state index in [0.29, 0.717) is 23.6 Å². The Morgan fingerprint density at radius 1 is 1.00 bits per heavy atom. The molecule has 2 aromatic carbocycles. The van der Waals surface area contributed by atoms with Gasteiger partial charge in [0.15, 0.2) is 0 Å². The van der Waals surface area contributed by atoms with Gasteiger partial charge in [-0.1, -0.05) is 42.5 Å². The van der Waals surface area contributed by atoms with E-state index >= 15 is 0 Å². The highest BCUT2D eigenvalue weighted by Gasteiger charge is 2.25. The van der Waals surface area contributed by atoms with Gasteiger partial charge in [0.05, 0.1) is 22.5 Å².